The second-order valence-electron chi connectivity index (χ2n) is 9.01. The highest BCUT2D eigenvalue weighted by Gasteiger charge is 2.33. The number of nitrogens with zero attached hydrogens (tertiary/aromatic N) is 2. The Hall–Kier alpha value is -2.61. The fourth-order valence-electron chi connectivity index (χ4n) is 4.91. The number of carboxylic acid groups (broad SMARTS) is 2. The van der Waals surface area contributed by atoms with Gasteiger partial charge in [-0.2, -0.15) is 0 Å². The van der Waals surface area contributed by atoms with Crippen LogP contribution in [0.2, 0.25) is 0 Å². The highest BCUT2D eigenvalue weighted by atomic mass is 16.5. The molecule has 32 heavy (non-hydrogen) atoms. The van der Waals surface area contributed by atoms with E-state index >= 15 is 0 Å². The summed E-state index contributed by atoms with van der Waals surface area (Å²) >= 11 is 0. The van der Waals surface area contributed by atoms with Gasteiger partial charge in [-0.3, -0.25) is 14.4 Å². The molecule has 0 radical (unpaired) electrons. The van der Waals surface area contributed by atoms with Crippen molar-refractivity contribution in [2.75, 3.05) is 39.8 Å². The van der Waals surface area contributed by atoms with Gasteiger partial charge in [-0.05, 0) is 74.8 Å². The zero-order valence-corrected chi connectivity index (χ0v) is 18.7. The summed E-state index contributed by atoms with van der Waals surface area (Å²) in [6.07, 6.45) is 3.29. The van der Waals surface area contributed by atoms with E-state index in [2.05, 4.69) is 4.90 Å². The van der Waals surface area contributed by atoms with Crippen LogP contribution in [0.3, 0.4) is 0 Å². The van der Waals surface area contributed by atoms with Crippen LogP contribution in [-0.4, -0.2) is 77.7 Å². The Morgan fingerprint density at radius 2 is 1.69 bits per heavy atom. The molecule has 2 aliphatic heterocycles. The number of hydrogen-bond acceptors (Lipinski definition) is 5. The number of likely N-dealkylation sites (tertiary alicyclic amines) is 2. The second kappa shape index (κ2) is 11.3. The first-order valence-electron chi connectivity index (χ1n) is 11.4. The Bertz CT molecular complexity index is 788. The molecule has 8 heteroatoms. The van der Waals surface area contributed by atoms with Gasteiger partial charge >= 0.3 is 11.9 Å². The molecule has 2 saturated heterocycles. The molecule has 1 aromatic rings. The molecular formula is C24H34N2O6. The molecule has 2 heterocycles. The number of benzene rings is 1. The predicted molar refractivity (Wildman–Crippen MR) is 119 cm³/mol. The van der Waals surface area contributed by atoms with Crippen LogP contribution in [-0.2, 0) is 20.8 Å². The number of carboxylic acids is 2. The van der Waals surface area contributed by atoms with Gasteiger partial charge in [-0.15, -0.1) is 0 Å². The van der Waals surface area contributed by atoms with E-state index in [4.69, 9.17) is 4.74 Å². The van der Waals surface area contributed by atoms with Gasteiger partial charge in [-0.25, -0.2) is 0 Å². The van der Waals surface area contributed by atoms with Gasteiger partial charge in [0.1, 0.15) is 5.75 Å². The topological polar surface area (TPSA) is 107 Å². The summed E-state index contributed by atoms with van der Waals surface area (Å²) in [6, 6.07) is 7.48. The fourth-order valence-corrected chi connectivity index (χ4v) is 4.91. The number of piperidine rings is 2. The molecule has 2 atom stereocenters. The molecule has 0 aromatic heterocycles. The molecule has 3 rings (SSSR count). The summed E-state index contributed by atoms with van der Waals surface area (Å²) in [6.45, 7) is 3.50. The van der Waals surface area contributed by atoms with Gasteiger partial charge < -0.3 is 24.7 Å². The van der Waals surface area contributed by atoms with Gasteiger partial charge in [0.25, 0.3) is 0 Å². The second-order valence-corrected chi connectivity index (χ2v) is 9.01. The van der Waals surface area contributed by atoms with Crippen molar-refractivity contribution in [1.29, 1.82) is 0 Å². The number of methoxy groups -OCH3 is 1. The lowest BCUT2D eigenvalue weighted by Crippen LogP contribution is -2.46. The Balaban J connectivity index is 1.55. The number of ether oxygens (including phenoxy) is 1. The molecule has 1 aromatic carbocycles. The smallest absolute Gasteiger partial charge is 0.306 e. The minimum Gasteiger partial charge on any atom is -0.497 e. The van der Waals surface area contributed by atoms with Crippen LogP contribution in [0.1, 0.15) is 37.7 Å². The first kappa shape index (κ1) is 24.0. The lowest BCUT2D eigenvalue weighted by Gasteiger charge is -2.39. The Morgan fingerprint density at radius 1 is 1.00 bits per heavy atom. The van der Waals surface area contributed by atoms with E-state index in [1.54, 1.807) is 7.11 Å². The molecule has 0 bridgehead atoms. The van der Waals surface area contributed by atoms with Crippen LogP contribution < -0.4 is 4.74 Å². The molecule has 1 amide bonds. The molecule has 2 N–H and O–H groups in total. The van der Waals surface area contributed by atoms with Gasteiger partial charge in [0, 0.05) is 19.5 Å². The minimum absolute atomic E-state index is 0.0640. The van der Waals surface area contributed by atoms with Crippen LogP contribution in [0.25, 0.3) is 0 Å². The van der Waals surface area contributed by atoms with Crippen molar-refractivity contribution in [3.8, 4) is 5.75 Å². The molecule has 0 unspecified atom stereocenters. The van der Waals surface area contributed by atoms with Crippen molar-refractivity contribution >= 4 is 17.8 Å². The van der Waals surface area contributed by atoms with Crippen molar-refractivity contribution in [3.63, 3.8) is 0 Å². The van der Waals surface area contributed by atoms with Gasteiger partial charge in [0.2, 0.25) is 5.91 Å². The molecule has 0 spiro atoms. The van der Waals surface area contributed by atoms with Crippen molar-refractivity contribution < 1.29 is 29.3 Å². The van der Waals surface area contributed by atoms with Crippen molar-refractivity contribution in [2.24, 2.45) is 17.8 Å². The van der Waals surface area contributed by atoms with Crippen LogP contribution >= 0.6 is 0 Å². The summed E-state index contributed by atoms with van der Waals surface area (Å²) in [5.74, 6) is -0.748. The van der Waals surface area contributed by atoms with Gasteiger partial charge in [-0.1, -0.05) is 12.1 Å². The largest absolute Gasteiger partial charge is 0.497 e. The maximum absolute atomic E-state index is 12.9. The first-order valence-corrected chi connectivity index (χ1v) is 11.4. The van der Waals surface area contributed by atoms with E-state index in [1.165, 1.54) is 0 Å². The zero-order chi connectivity index (χ0) is 23.1. The number of aliphatic carboxylic acids is 2. The summed E-state index contributed by atoms with van der Waals surface area (Å²) in [5, 5.41) is 18.5. The monoisotopic (exact) mass is 446 g/mol. The quantitative estimate of drug-likeness (QED) is 0.600. The SMILES string of the molecule is COc1ccc(CC(=O)N2CC[C@@H](CC(=O)O)[C@@H](CCN3CCC(C(=O)O)CC3)C2)cc1. The van der Waals surface area contributed by atoms with Crippen molar-refractivity contribution in [1.82, 2.24) is 9.80 Å². The van der Waals surface area contributed by atoms with Crippen LogP contribution in [0.5, 0.6) is 5.75 Å². The number of rotatable bonds is 9. The summed E-state index contributed by atoms with van der Waals surface area (Å²) in [7, 11) is 1.61. The summed E-state index contributed by atoms with van der Waals surface area (Å²) in [4.78, 5) is 39.6. The zero-order valence-electron chi connectivity index (χ0n) is 18.7. The Morgan fingerprint density at radius 3 is 2.28 bits per heavy atom. The average Bonchev–Trinajstić information content (AvgIpc) is 2.78. The predicted octanol–water partition coefficient (Wildman–Crippen LogP) is 2.36. The standard InChI is InChI=1S/C24H34N2O6/c1-32-21-4-2-17(3-5-21)14-22(27)26-13-9-19(15-23(28)29)20(16-26)8-12-25-10-6-18(7-11-25)24(30)31/h2-5,18-20H,6-16H2,1H3,(H,28,29)(H,30,31)/t19-,20-/m0/s1. The minimum atomic E-state index is -0.791. The van der Waals surface area contributed by atoms with Crippen molar-refractivity contribution in [2.45, 2.75) is 38.5 Å². The average molecular weight is 447 g/mol. The highest BCUT2D eigenvalue weighted by Crippen LogP contribution is 2.30. The third-order valence-corrected chi connectivity index (χ3v) is 6.95. The maximum Gasteiger partial charge on any atom is 0.306 e. The highest BCUT2D eigenvalue weighted by molar-refractivity contribution is 5.79. The molecule has 2 aliphatic rings. The van der Waals surface area contributed by atoms with Crippen LogP contribution in [0, 0.1) is 17.8 Å². The van der Waals surface area contributed by atoms with E-state index in [0.29, 0.717) is 38.8 Å². The van der Waals surface area contributed by atoms with Gasteiger partial charge in [0.15, 0.2) is 0 Å². The van der Waals surface area contributed by atoms with E-state index in [0.717, 1.165) is 37.4 Å². The third-order valence-electron chi connectivity index (χ3n) is 6.95. The normalized spacial score (nSPS) is 22.5. The lowest BCUT2D eigenvalue weighted by atomic mass is 9.80. The van der Waals surface area contributed by atoms with Crippen LogP contribution in [0.15, 0.2) is 24.3 Å². The number of hydrogen-bond donors (Lipinski definition) is 2. The van der Waals surface area contributed by atoms with Gasteiger partial charge in [0.05, 0.1) is 19.4 Å². The number of carbonyl (C=O) groups excluding carboxylic acids is 1. The number of amides is 1. The summed E-state index contributed by atoms with van der Waals surface area (Å²) in [5.41, 5.74) is 0.932. The van der Waals surface area contributed by atoms with Crippen LogP contribution in [0.4, 0.5) is 0 Å². The molecule has 8 nitrogen and oxygen atoms in total. The van der Waals surface area contributed by atoms with E-state index in [-0.39, 0.29) is 30.1 Å². The van der Waals surface area contributed by atoms with E-state index in [9.17, 15) is 24.6 Å². The first-order chi connectivity index (χ1) is 15.4. The fraction of sp³-hybridized carbons (Fsp3) is 0.625. The molecular weight excluding hydrogens is 412 g/mol. The molecule has 2 fully saturated rings. The lowest BCUT2D eigenvalue weighted by molar-refractivity contribution is -0.143. The third kappa shape index (κ3) is 6.69. The Kier molecular flexibility index (Phi) is 8.50. The molecule has 0 saturated carbocycles. The van der Waals surface area contributed by atoms with Crippen molar-refractivity contribution in [3.05, 3.63) is 29.8 Å². The molecule has 0 aliphatic carbocycles. The van der Waals surface area contributed by atoms with E-state index < -0.39 is 11.9 Å². The molecule has 176 valence electrons. The Labute approximate surface area is 189 Å². The summed E-state index contributed by atoms with van der Waals surface area (Å²) < 4.78 is 5.17. The number of carbonyl (C=O) groups is 3. The van der Waals surface area contributed by atoms with E-state index in [1.807, 2.05) is 29.2 Å². The maximum atomic E-state index is 12.9.